The van der Waals surface area contributed by atoms with Gasteiger partial charge in [0.05, 0.1) is 5.92 Å². The van der Waals surface area contributed by atoms with Crippen LogP contribution in [0.5, 0.6) is 5.75 Å². The molecule has 0 bridgehead atoms. The van der Waals surface area contributed by atoms with Gasteiger partial charge >= 0.3 is 18.0 Å². The van der Waals surface area contributed by atoms with E-state index in [0.29, 0.717) is 0 Å². The quantitative estimate of drug-likeness (QED) is 0.740. The Balaban J connectivity index is 2.77. The summed E-state index contributed by atoms with van der Waals surface area (Å²) in [5.74, 6) is -3.09. The second kappa shape index (κ2) is 7.62. The molecule has 1 unspecified atom stereocenters. The van der Waals surface area contributed by atoms with E-state index in [9.17, 15) is 24.6 Å². The highest BCUT2D eigenvalue weighted by Gasteiger charge is 2.36. The van der Waals surface area contributed by atoms with E-state index in [2.05, 4.69) is 5.32 Å². The number of carbonyl (C=O) groups is 3. The number of carboxylic acid groups (broad SMARTS) is 2. The molecule has 0 saturated heterocycles. The Morgan fingerprint density at radius 2 is 1.65 bits per heavy atom. The molecule has 126 valence electrons. The number of amides is 1. The average Bonchev–Trinajstić information content (AvgIpc) is 2.42. The molecule has 0 spiro atoms. The Bertz CT molecular complexity index is 564. The zero-order valence-electron chi connectivity index (χ0n) is 13.3. The zero-order chi connectivity index (χ0) is 17.6. The summed E-state index contributed by atoms with van der Waals surface area (Å²) in [7, 11) is 0. The lowest BCUT2D eigenvalue weighted by Crippen LogP contribution is -2.46. The van der Waals surface area contributed by atoms with Crippen LogP contribution in [0.4, 0.5) is 4.79 Å². The van der Waals surface area contributed by atoms with E-state index in [0.717, 1.165) is 0 Å². The van der Waals surface area contributed by atoms with Gasteiger partial charge in [0, 0.05) is 0 Å². The second-order valence-corrected chi connectivity index (χ2v) is 6.23. The molecule has 1 aromatic rings. The summed E-state index contributed by atoms with van der Waals surface area (Å²) < 4.78 is 4.96. The van der Waals surface area contributed by atoms with Gasteiger partial charge < -0.3 is 20.3 Å². The summed E-state index contributed by atoms with van der Waals surface area (Å²) in [6, 6.07) is 6.81. The number of rotatable bonds is 6. The van der Waals surface area contributed by atoms with Crippen LogP contribution in [0.3, 0.4) is 0 Å². The average molecular weight is 323 g/mol. The van der Waals surface area contributed by atoms with Crippen LogP contribution in [0.2, 0.25) is 0 Å². The van der Waals surface area contributed by atoms with E-state index < -0.39 is 35.4 Å². The minimum Gasteiger partial charge on any atom is -0.481 e. The number of ether oxygens (including phenoxy) is 1. The van der Waals surface area contributed by atoms with Crippen molar-refractivity contribution in [3.63, 3.8) is 0 Å². The van der Waals surface area contributed by atoms with Crippen molar-refractivity contribution in [1.82, 2.24) is 5.32 Å². The lowest BCUT2D eigenvalue weighted by Gasteiger charge is -2.29. The van der Waals surface area contributed by atoms with E-state index in [1.165, 1.54) is 0 Å². The van der Waals surface area contributed by atoms with E-state index in [-0.39, 0.29) is 12.2 Å². The van der Waals surface area contributed by atoms with E-state index in [1.54, 1.807) is 51.1 Å². The summed E-state index contributed by atoms with van der Waals surface area (Å²) in [5.41, 5.74) is -0.648. The Labute approximate surface area is 134 Å². The van der Waals surface area contributed by atoms with Gasteiger partial charge in [-0.15, -0.1) is 0 Å². The largest absolute Gasteiger partial charge is 0.481 e. The van der Waals surface area contributed by atoms with Gasteiger partial charge in [0.15, 0.2) is 0 Å². The van der Waals surface area contributed by atoms with Crippen molar-refractivity contribution in [1.29, 1.82) is 0 Å². The third kappa shape index (κ3) is 5.98. The standard InChI is InChI=1S/C16H21NO6/c1-16(2,3)11(13(18)19)9-12(14(20)21)17-15(22)23-10-7-5-4-6-8-10/h4-8,11-12H,9H2,1-3H3,(H,17,22)(H,18,19)(H,20,21)/t11?,12-/m1/s1. The summed E-state index contributed by atoms with van der Waals surface area (Å²) in [6.07, 6.45) is -1.18. The van der Waals surface area contributed by atoms with Gasteiger partial charge in [-0.1, -0.05) is 39.0 Å². The van der Waals surface area contributed by atoms with E-state index in [1.807, 2.05) is 0 Å². The van der Waals surface area contributed by atoms with Crippen LogP contribution >= 0.6 is 0 Å². The maximum absolute atomic E-state index is 11.8. The second-order valence-electron chi connectivity index (χ2n) is 6.23. The normalized spacial score (nSPS) is 13.7. The van der Waals surface area contributed by atoms with Gasteiger partial charge in [-0.2, -0.15) is 0 Å². The molecule has 2 atom stereocenters. The molecule has 0 heterocycles. The maximum Gasteiger partial charge on any atom is 0.413 e. The SMILES string of the molecule is CC(C)(C)C(C[C@@H](NC(=O)Oc1ccccc1)C(=O)O)C(=O)O. The Kier molecular flexibility index (Phi) is 6.12. The first kappa shape index (κ1) is 18.5. The minimum absolute atomic E-state index is 0.238. The third-order valence-corrected chi connectivity index (χ3v) is 3.36. The topological polar surface area (TPSA) is 113 Å². The number of carboxylic acids is 2. The predicted octanol–water partition coefficient (Wildman–Crippen LogP) is 2.37. The summed E-state index contributed by atoms with van der Waals surface area (Å²) in [4.78, 5) is 34.4. The molecule has 0 radical (unpaired) electrons. The van der Waals surface area contributed by atoms with Crippen molar-refractivity contribution in [2.45, 2.75) is 33.2 Å². The van der Waals surface area contributed by atoms with Crippen LogP contribution in [0.25, 0.3) is 0 Å². The van der Waals surface area contributed by atoms with Crippen molar-refractivity contribution in [3.05, 3.63) is 30.3 Å². The monoisotopic (exact) mass is 323 g/mol. The van der Waals surface area contributed by atoms with Crippen LogP contribution in [0.15, 0.2) is 30.3 Å². The molecule has 3 N–H and O–H groups in total. The Morgan fingerprint density at radius 1 is 1.09 bits per heavy atom. The Morgan fingerprint density at radius 3 is 2.09 bits per heavy atom. The molecule has 7 nitrogen and oxygen atoms in total. The first-order valence-corrected chi connectivity index (χ1v) is 7.10. The number of hydrogen-bond donors (Lipinski definition) is 3. The van der Waals surface area contributed by atoms with Crippen molar-refractivity contribution in [3.8, 4) is 5.75 Å². The number of hydrogen-bond acceptors (Lipinski definition) is 4. The molecular weight excluding hydrogens is 302 g/mol. The van der Waals surface area contributed by atoms with E-state index >= 15 is 0 Å². The van der Waals surface area contributed by atoms with Crippen LogP contribution in [-0.2, 0) is 9.59 Å². The number of para-hydroxylation sites is 1. The first-order valence-electron chi connectivity index (χ1n) is 7.10. The van der Waals surface area contributed by atoms with Crippen LogP contribution in [0.1, 0.15) is 27.2 Å². The molecule has 0 aliphatic carbocycles. The van der Waals surface area contributed by atoms with Crippen LogP contribution < -0.4 is 10.1 Å². The lowest BCUT2D eigenvalue weighted by atomic mass is 9.77. The van der Waals surface area contributed by atoms with Gasteiger partial charge in [0.2, 0.25) is 0 Å². The summed E-state index contributed by atoms with van der Waals surface area (Å²) >= 11 is 0. The molecule has 0 aliphatic heterocycles. The minimum atomic E-state index is -1.36. The molecule has 0 aromatic heterocycles. The molecule has 23 heavy (non-hydrogen) atoms. The van der Waals surface area contributed by atoms with Crippen LogP contribution in [-0.4, -0.2) is 34.3 Å². The summed E-state index contributed by atoms with van der Waals surface area (Å²) in [6.45, 7) is 5.10. The number of carbonyl (C=O) groups excluding carboxylic acids is 1. The van der Waals surface area contributed by atoms with Crippen LogP contribution in [0, 0.1) is 11.3 Å². The van der Waals surface area contributed by atoms with E-state index in [4.69, 9.17) is 4.74 Å². The predicted molar refractivity (Wildman–Crippen MR) is 82.2 cm³/mol. The van der Waals surface area contributed by atoms with Crippen molar-refractivity contribution in [2.24, 2.45) is 11.3 Å². The fraction of sp³-hybridized carbons (Fsp3) is 0.438. The molecule has 1 aromatic carbocycles. The molecule has 7 heteroatoms. The molecular formula is C16H21NO6. The highest BCUT2D eigenvalue weighted by molar-refractivity contribution is 5.82. The fourth-order valence-electron chi connectivity index (χ4n) is 2.05. The fourth-order valence-corrected chi connectivity index (χ4v) is 2.05. The van der Waals surface area contributed by atoms with Gasteiger partial charge in [0.1, 0.15) is 11.8 Å². The first-order chi connectivity index (χ1) is 10.6. The molecule has 0 fully saturated rings. The van der Waals surface area contributed by atoms with Gasteiger partial charge in [-0.3, -0.25) is 4.79 Å². The van der Waals surface area contributed by atoms with Crippen molar-refractivity contribution >= 4 is 18.0 Å². The highest BCUT2D eigenvalue weighted by Crippen LogP contribution is 2.30. The third-order valence-electron chi connectivity index (χ3n) is 3.36. The number of aliphatic carboxylic acids is 2. The highest BCUT2D eigenvalue weighted by atomic mass is 16.6. The maximum atomic E-state index is 11.8. The van der Waals surface area contributed by atoms with Gasteiger partial charge in [-0.25, -0.2) is 9.59 Å². The number of nitrogens with one attached hydrogen (secondary N) is 1. The molecule has 1 rings (SSSR count). The molecule has 1 amide bonds. The van der Waals surface area contributed by atoms with Crippen molar-refractivity contribution < 1.29 is 29.3 Å². The lowest BCUT2D eigenvalue weighted by molar-refractivity contribution is -0.147. The van der Waals surface area contributed by atoms with Gasteiger partial charge in [-0.05, 0) is 24.0 Å². The van der Waals surface area contributed by atoms with Crippen molar-refractivity contribution in [2.75, 3.05) is 0 Å². The Hall–Kier alpha value is -2.57. The van der Waals surface area contributed by atoms with Gasteiger partial charge in [0.25, 0.3) is 0 Å². The smallest absolute Gasteiger partial charge is 0.413 e. The summed E-state index contributed by atoms with van der Waals surface area (Å²) in [5, 5.41) is 20.7. The zero-order valence-corrected chi connectivity index (χ0v) is 13.3. The number of benzene rings is 1. The molecule has 0 saturated carbocycles. The molecule has 0 aliphatic rings.